The highest BCUT2D eigenvalue weighted by Gasteiger charge is 2.33. The predicted molar refractivity (Wildman–Crippen MR) is 93.6 cm³/mol. The van der Waals surface area contributed by atoms with Crippen molar-refractivity contribution in [2.75, 3.05) is 18.1 Å². The number of urea groups is 1. The van der Waals surface area contributed by atoms with E-state index in [1.807, 2.05) is 6.92 Å². The molecule has 0 radical (unpaired) electrons. The van der Waals surface area contributed by atoms with Gasteiger partial charge in [-0.25, -0.2) is 9.59 Å². The number of hydrogen-bond acceptors (Lipinski definition) is 7. The zero-order valence-corrected chi connectivity index (χ0v) is 15.1. The third kappa shape index (κ3) is 4.45. The third-order valence-corrected chi connectivity index (χ3v) is 4.53. The monoisotopic (exact) mass is 380 g/mol. The van der Waals surface area contributed by atoms with Crippen LogP contribution in [-0.2, 0) is 9.53 Å². The summed E-state index contributed by atoms with van der Waals surface area (Å²) in [6, 6.07) is 1.94. The van der Waals surface area contributed by atoms with Crippen molar-refractivity contribution in [1.29, 1.82) is 0 Å². The van der Waals surface area contributed by atoms with Gasteiger partial charge in [0.25, 0.3) is 5.69 Å². The molecule has 140 valence electrons. The van der Waals surface area contributed by atoms with E-state index in [0.29, 0.717) is 11.4 Å². The van der Waals surface area contributed by atoms with Gasteiger partial charge in [-0.2, -0.15) is 11.8 Å². The zero-order chi connectivity index (χ0) is 19.3. The van der Waals surface area contributed by atoms with Crippen molar-refractivity contribution in [2.24, 2.45) is 0 Å². The number of nitro benzene ring substituents is 1. The summed E-state index contributed by atoms with van der Waals surface area (Å²) >= 11 is 1.61. The van der Waals surface area contributed by atoms with Gasteiger partial charge in [-0.3, -0.25) is 10.1 Å². The summed E-state index contributed by atoms with van der Waals surface area (Å²) in [5.41, 5.74) is 0.0557. The molecule has 0 bridgehead atoms. The Morgan fingerprint density at radius 3 is 2.81 bits per heavy atom. The Morgan fingerprint density at radius 2 is 2.15 bits per heavy atom. The van der Waals surface area contributed by atoms with Crippen molar-refractivity contribution in [3.63, 3.8) is 0 Å². The highest BCUT2D eigenvalue weighted by Crippen LogP contribution is 2.32. The molecule has 9 nitrogen and oxygen atoms in total. The Labute approximate surface area is 153 Å². The number of rotatable bonds is 7. The summed E-state index contributed by atoms with van der Waals surface area (Å²) in [5.74, 6) is 0.145. The Bertz CT molecular complexity index is 764. The fourth-order valence-electron chi connectivity index (χ4n) is 2.49. The summed E-state index contributed by atoms with van der Waals surface area (Å²) < 4.78 is 5.24. The van der Waals surface area contributed by atoms with Crippen LogP contribution in [0.1, 0.15) is 25.5 Å². The summed E-state index contributed by atoms with van der Waals surface area (Å²) in [6.07, 6.45) is 0. The van der Waals surface area contributed by atoms with Crippen molar-refractivity contribution in [1.82, 2.24) is 10.6 Å². The Morgan fingerprint density at radius 1 is 1.42 bits per heavy atom. The lowest BCUT2D eigenvalue weighted by Crippen LogP contribution is -2.45. The maximum absolute atomic E-state index is 12.5. The fourth-order valence-corrected chi connectivity index (χ4v) is 2.98. The van der Waals surface area contributed by atoms with Crippen LogP contribution in [0.4, 0.5) is 10.5 Å². The molecular formula is C16H18N3O6S-. The van der Waals surface area contributed by atoms with Gasteiger partial charge in [-0.05, 0) is 24.0 Å². The van der Waals surface area contributed by atoms with Gasteiger partial charge in [0.05, 0.1) is 16.5 Å². The number of carbonyl (C=O) groups is 2. The summed E-state index contributed by atoms with van der Waals surface area (Å²) in [4.78, 5) is 34.5. The molecule has 0 spiro atoms. The van der Waals surface area contributed by atoms with Gasteiger partial charge in [-0.15, -0.1) is 0 Å². The van der Waals surface area contributed by atoms with Gasteiger partial charge in [0.15, 0.2) is 0 Å². The van der Waals surface area contributed by atoms with Crippen molar-refractivity contribution in [3.8, 4) is 5.75 Å². The molecule has 1 atom stereocenters. The first-order valence-corrected chi connectivity index (χ1v) is 8.99. The Hall–Kier alpha value is -2.75. The number of benzene rings is 1. The van der Waals surface area contributed by atoms with E-state index in [1.165, 1.54) is 6.07 Å². The molecule has 1 aliphatic rings. The van der Waals surface area contributed by atoms with Crippen molar-refractivity contribution in [2.45, 2.75) is 19.9 Å². The summed E-state index contributed by atoms with van der Waals surface area (Å²) in [7, 11) is 0. The highest BCUT2D eigenvalue weighted by atomic mass is 32.2. The summed E-state index contributed by atoms with van der Waals surface area (Å²) in [5, 5.41) is 27.6. The molecule has 26 heavy (non-hydrogen) atoms. The van der Waals surface area contributed by atoms with E-state index in [1.54, 1.807) is 18.7 Å². The molecule has 10 heteroatoms. The van der Waals surface area contributed by atoms with Crippen molar-refractivity contribution < 1.29 is 24.4 Å². The lowest BCUT2D eigenvalue weighted by molar-refractivity contribution is -0.398. The second kappa shape index (κ2) is 8.56. The number of carbonyl (C=O) groups excluding carboxylic acids is 2. The number of hydrogen-bond donors (Lipinski definition) is 2. The van der Waals surface area contributed by atoms with Crippen molar-refractivity contribution >= 4 is 29.4 Å². The lowest BCUT2D eigenvalue weighted by Gasteiger charge is -2.28. The number of nitro groups is 1. The standard InChI is InChI=1S/C16H19N3O6S/c1-3-26-7-6-25-15(21)13-9(2)17-16(22)18-14(13)10-4-5-12(20)11(8-10)19(23)24/h4-5,8,14,20H,3,6-7H2,1-2H3,(H2,17,18,22)/p-1/t14-/m0/s1. The van der Waals surface area contributed by atoms with Crippen LogP contribution in [0, 0.1) is 10.1 Å². The number of allylic oxidation sites excluding steroid dienone is 1. The highest BCUT2D eigenvalue weighted by molar-refractivity contribution is 7.99. The molecule has 2 amide bonds. The van der Waals surface area contributed by atoms with Crippen LogP contribution in [0.25, 0.3) is 0 Å². The van der Waals surface area contributed by atoms with Crippen LogP contribution < -0.4 is 15.7 Å². The minimum Gasteiger partial charge on any atom is -0.868 e. The molecule has 0 saturated heterocycles. The number of nitrogens with one attached hydrogen (secondary N) is 2. The number of thioether (sulfide) groups is 1. The zero-order valence-electron chi connectivity index (χ0n) is 14.2. The van der Waals surface area contributed by atoms with Crippen LogP contribution in [0.15, 0.2) is 29.5 Å². The molecule has 0 fully saturated rings. The molecule has 0 aliphatic carbocycles. The average molecular weight is 380 g/mol. The molecule has 2 rings (SSSR count). The molecule has 1 aromatic rings. The molecule has 1 aromatic carbocycles. The summed E-state index contributed by atoms with van der Waals surface area (Å²) in [6.45, 7) is 3.73. The van der Waals surface area contributed by atoms with Crippen molar-refractivity contribution in [3.05, 3.63) is 45.1 Å². The van der Waals surface area contributed by atoms with Gasteiger partial charge in [0, 0.05) is 17.5 Å². The quantitative estimate of drug-likeness (QED) is 0.317. The molecule has 0 aromatic heterocycles. The number of esters is 1. The first kappa shape index (κ1) is 19.6. The molecule has 0 saturated carbocycles. The molecule has 0 unspecified atom stereocenters. The molecular weight excluding hydrogens is 362 g/mol. The van der Waals surface area contributed by atoms with E-state index in [2.05, 4.69) is 10.6 Å². The van der Waals surface area contributed by atoms with Crippen LogP contribution in [-0.4, -0.2) is 35.0 Å². The SMILES string of the molecule is CCSCCOC(=O)C1=C(C)NC(=O)N[C@H]1c1ccc([O-])c([N+](=O)[O-])c1. The maximum Gasteiger partial charge on any atom is 0.338 e. The number of ether oxygens (including phenoxy) is 1. The number of amides is 2. The maximum atomic E-state index is 12.5. The minimum atomic E-state index is -0.950. The molecule has 1 aliphatic heterocycles. The predicted octanol–water partition coefficient (Wildman–Crippen LogP) is 1.59. The Balaban J connectivity index is 2.33. The van der Waals surface area contributed by atoms with Gasteiger partial charge >= 0.3 is 12.0 Å². The smallest absolute Gasteiger partial charge is 0.338 e. The second-order valence-electron chi connectivity index (χ2n) is 5.39. The van der Waals surface area contributed by atoms with Crippen LogP contribution in [0.5, 0.6) is 5.75 Å². The van der Waals surface area contributed by atoms with E-state index in [-0.39, 0.29) is 17.7 Å². The lowest BCUT2D eigenvalue weighted by atomic mass is 9.95. The fraction of sp³-hybridized carbons (Fsp3) is 0.375. The van der Waals surface area contributed by atoms with Gasteiger partial charge in [0.1, 0.15) is 6.61 Å². The average Bonchev–Trinajstić information content (AvgIpc) is 2.58. The van der Waals surface area contributed by atoms with Crippen LogP contribution in [0.3, 0.4) is 0 Å². The third-order valence-electron chi connectivity index (χ3n) is 3.67. The first-order chi connectivity index (χ1) is 12.3. The second-order valence-corrected chi connectivity index (χ2v) is 6.78. The molecule has 1 heterocycles. The van der Waals surface area contributed by atoms with Crippen LogP contribution in [0.2, 0.25) is 0 Å². The largest absolute Gasteiger partial charge is 0.868 e. The first-order valence-electron chi connectivity index (χ1n) is 7.83. The van der Waals surface area contributed by atoms with E-state index in [0.717, 1.165) is 17.9 Å². The topological polar surface area (TPSA) is 134 Å². The van der Waals surface area contributed by atoms with Crippen LogP contribution >= 0.6 is 11.8 Å². The van der Waals surface area contributed by atoms with Gasteiger partial charge in [-0.1, -0.05) is 19.1 Å². The minimum absolute atomic E-state index is 0.138. The van der Waals surface area contributed by atoms with E-state index in [9.17, 15) is 24.8 Å². The van der Waals surface area contributed by atoms with Gasteiger partial charge in [0.2, 0.25) is 0 Å². The van der Waals surface area contributed by atoms with E-state index < -0.39 is 34.4 Å². The van der Waals surface area contributed by atoms with E-state index >= 15 is 0 Å². The molecule has 2 N–H and O–H groups in total. The van der Waals surface area contributed by atoms with Gasteiger partial charge < -0.3 is 20.5 Å². The normalized spacial score (nSPS) is 16.7. The number of nitrogens with zero attached hydrogens (tertiary/aromatic N) is 1. The van der Waals surface area contributed by atoms with E-state index in [4.69, 9.17) is 4.74 Å². The Kier molecular flexibility index (Phi) is 6.45.